The summed E-state index contributed by atoms with van der Waals surface area (Å²) in [5.74, 6) is 0. The van der Waals surface area contributed by atoms with Crippen molar-refractivity contribution in [2.45, 2.75) is 19.5 Å². The van der Waals surface area contributed by atoms with Crippen LogP contribution in [0.15, 0.2) is 24.3 Å². The number of nitrogens with one attached hydrogen (secondary N) is 1. The van der Waals surface area contributed by atoms with Crippen molar-refractivity contribution in [2.24, 2.45) is 0 Å². The van der Waals surface area contributed by atoms with Gasteiger partial charge < -0.3 is 10.1 Å². The van der Waals surface area contributed by atoms with Gasteiger partial charge in [0.15, 0.2) is 0 Å². The molecule has 1 N–H and O–H groups in total. The summed E-state index contributed by atoms with van der Waals surface area (Å²) in [7, 11) is 0. The smallest absolute Gasteiger partial charge is 0.269 e. The molecule has 0 amide bonds. The lowest BCUT2D eigenvalue weighted by Gasteiger charge is -2.29. The van der Waals surface area contributed by atoms with Crippen molar-refractivity contribution < 1.29 is 9.66 Å². The molecule has 0 saturated carbocycles. The number of morpholine rings is 1. The summed E-state index contributed by atoms with van der Waals surface area (Å²) in [6.07, 6.45) is 0. The van der Waals surface area contributed by atoms with E-state index in [0.29, 0.717) is 6.04 Å². The van der Waals surface area contributed by atoms with Gasteiger partial charge in [-0.2, -0.15) is 0 Å². The Bertz CT molecular complexity index is 430. The van der Waals surface area contributed by atoms with Crippen LogP contribution in [0, 0.1) is 10.1 Å². The van der Waals surface area contributed by atoms with Gasteiger partial charge in [-0.05, 0) is 12.5 Å². The highest BCUT2D eigenvalue weighted by atomic mass is 16.6. The van der Waals surface area contributed by atoms with Crippen LogP contribution in [0.3, 0.4) is 0 Å². The predicted molar refractivity (Wildman–Crippen MR) is 76.7 cm³/mol. The minimum Gasteiger partial charge on any atom is -0.379 e. The second kappa shape index (κ2) is 7.33. The molecule has 0 aromatic heterocycles. The zero-order valence-corrected chi connectivity index (χ0v) is 11.7. The molecule has 1 fully saturated rings. The molecule has 6 heteroatoms. The molecule has 1 aliphatic heterocycles. The van der Waals surface area contributed by atoms with Crippen LogP contribution in [0.4, 0.5) is 5.69 Å². The molecule has 1 aromatic carbocycles. The maximum absolute atomic E-state index is 10.6. The van der Waals surface area contributed by atoms with Crippen molar-refractivity contribution in [1.82, 2.24) is 10.2 Å². The molecule has 1 heterocycles. The third-order valence-corrected chi connectivity index (χ3v) is 3.44. The molecule has 110 valence electrons. The second-order valence-corrected chi connectivity index (χ2v) is 5.12. The predicted octanol–water partition coefficient (Wildman–Crippen LogP) is 1.41. The Balaban J connectivity index is 1.74. The monoisotopic (exact) mass is 279 g/mol. The van der Waals surface area contributed by atoms with E-state index in [1.54, 1.807) is 24.3 Å². The van der Waals surface area contributed by atoms with Gasteiger partial charge in [-0.3, -0.25) is 15.0 Å². The van der Waals surface area contributed by atoms with Crippen molar-refractivity contribution in [3.63, 3.8) is 0 Å². The number of ether oxygens (including phenoxy) is 1. The Hall–Kier alpha value is -1.50. The van der Waals surface area contributed by atoms with Gasteiger partial charge in [-0.25, -0.2) is 0 Å². The molecule has 1 aromatic rings. The molecule has 20 heavy (non-hydrogen) atoms. The van der Waals surface area contributed by atoms with Gasteiger partial charge in [0, 0.05) is 44.4 Å². The summed E-state index contributed by atoms with van der Waals surface area (Å²) in [6.45, 7) is 7.48. The standard InChI is InChI=1S/C14H21N3O3/c1-12(11-16-6-8-20-9-7-16)15-10-13-2-4-14(5-3-13)17(18)19/h2-5,12,15H,6-11H2,1H3. The maximum Gasteiger partial charge on any atom is 0.269 e. The van der Waals surface area contributed by atoms with Gasteiger partial charge >= 0.3 is 0 Å². The molecule has 1 unspecified atom stereocenters. The van der Waals surface area contributed by atoms with Gasteiger partial charge in [-0.15, -0.1) is 0 Å². The lowest BCUT2D eigenvalue weighted by atomic mass is 10.2. The molecule has 1 aliphatic rings. The molecule has 0 radical (unpaired) electrons. The number of benzene rings is 1. The molecule has 1 saturated heterocycles. The molecule has 1 atom stereocenters. The van der Waals surface area contributed by atoms with Crippen molar-refractivity contribution in [2.75, 3.05) is 32.8 Å². The van der Waals surface area contributed by atoms with E-state index in [1.807, 2.05) is 0 Å². The first-order valence-electron chi connectivity index (χ1n) is 6.92. The highest BCUT2D eigenvalue weighted by Crippen LogP contribution is 2.11. The van der Waals surface area contributed by atoms with Gasteiger partial charge in [0.25, 0.3) is 5.69 Å². The lowest BCUT2D eigenvalue weighted by molar-refractivity contribution is -0.384. The van der Waals surface area contributed by atoms with Crippen molar-refractivity contribution in [3.05, 3.63) is 39.9 Å². The van der Waals surface area contributed by atoms with E-state index >= 15 is 0 Å². The highest BCUT2D eigenvalue weighted by Gasteiger charge is 2.13. The van der Waals surface area contributed by atoms with Crippen LogP contribution in [-0.4, -0.2) is 48.7 Å². The maximum atomic E-state index is 10.6. The van der Waals surface area contributed by atoms with E-state index in [9.17, 15) is 10.1 Å². The van der Waals surface area contributed by atoms with Crippen LogP contribution < -0.4 is 5.32 Å². The van der Waals surface area contributed by atoms with Crippen molar-refractivity contribution in [1.29, 1.82) is 0 Å². The molecule has 6 nitrogen and oxygen atoms in total. The molecule has 2 rings (SSSR count). The average Bonchev–Trinajstić information content (AvgIpc) is 2.46. The summed E-state index contributed by atoms with van der Waals surface area (Å²) in [6, 6.07) is 7.07. The lowest BCUT2D eigenvalue weighted by Crippen LogP contribution is -2.44. The zero-order chi connectivity index (χ0) is 14.4. The highest BCUT2D eigenvalue weighted by molar-refractivity contribution is 5.32. The normalized spacial score (nSPS) is 17.9. The van der Waals surface area contributed by atoms with Crippen LogP contribution in [0.2, 0.25) is 0 Å². The quantitative estimate of drug-likeness (QED) is 0.630. The van der Waals surface area contributed by atoms with Gasteiger partial charge in [-0.1, -0.05) is 12.1 Å². The van der Waals surface area contributed by atoms with E-state index in [2.05, 4.69) is 17.1 Å². The van der Waals surface area contributed by atoms with Gasteiger partial charge in [0.05, 0.1) is 18.1 Å². The van der Waals surface area contributed by atoms with Gasteiger partial charge in [0.1, 0.15) is 0 Å². The van der Waals surface area contributed by atoms with E-state index in [-0.39, 0.29) is 10.6 Å². The van der Waals surface area contributed by atoms with Crippen LogP contribution in [0.5, 0.6) is 0 Å². The Kier molecular flexibility index (Phi) is 5.46. The summed E-state index contributed by atoms with van der Waals surface area (Å²) in [4.78, 5) is 12.6. The first-order valence-corrected chi connectivity index (χ1v) is 6.92. The third-order valence-electron chi connectivity index (χ3n) is 3.44. The first kappa shape index (κ1) is 14.9. The summed E-state index contributed by atoms with van der Waals surface area (Å²) in [5.41, 5.74) is 1.19. The molecule has 0 spiro atoms. The fourth-order valence-corrected chi connectivity index (χ4v) is 2.26. The van der Waals surface area contributed by atoms with Crippen LogP contribution in [0.1, 0.15) is 12.5 Å². The molecular formula is C14H21N3O3. The van der Waals surface area contributed by atoms with E-state index < -0.39 is 0 Å². The zero-order valence-electron chi connectivity index (χ0n) is 11.7. The first-order chi connectivity index (χ1) is 9.65. The van der Waals surface area contributed by atoms with Crippen LogP contribution in [-0.2, 0) is 11.3 Å². The average molecular weight is 279 g/mol. The summed E-state index contributed by atoms with van der Waals surface area (Å²) in [5, 5.41) is 14.0. The van der Waals surface area contributed by atoms with Crippen LogP contribution in [0.25, 0.3) is 0 Å². The van der Waals surface area contributed by atoms with E-state index in [1.165, 1.54) is 0 Å². The largest absolute Gasteiger partial charge is 0.379 e. The Labute approximate surface area is 118 Å². The summed E-state index contributed by atoms with van der Waals surface area (Å²) < 4.78 is 5.32. The number of nitro benzene ring substituents is 1. The molecule has 0 aliphatic carbocycles. The Morgan fingerprint density at radius 3 is 2.60 bits per heavy atom. The topological polar surface area (TPSA) is 67.6 Å². The third kappa shape index (κ3) is 4.56. The Morgan fingerprint density at radius 1 is 1.35 bits per heavy atom. The van der Waals surface area contributed by atoms with Crippen LogP contribution >= 0.6 is 0 Å². The minimum atomic E-state index is -0.377. The number of hydrogen-bond donors (Lipinski definition) is 1. The fraction of sp³-hybridized carbons (Fsp3) is 0.571. The Morgan fingerprint density at radius 2 is 2.00 bits per heavy atom. The SMILES string of the molecule is CC(CN1CCOCC1)NCc1ccc([N+](=O)[O-])cc1. The second-order valence-electron chi connectivity index (χ2n) is 5.12. The van der Waals surface area contributed by atoms with Gasteiger partial charge in [0.2, 0.25) is 0 Å². The minimum absolute atomic E-state index is 0.134. The molecular weight excluding hydrogens is 258 g/mol. The number of nitrogens with zero attached hydrogens (tertiary/aromatic N) is 2. The number of nitro groups is 1. The number of rotatable bonds is 6. The number of non-ortho nitro benzene ring substituents is 1. The number of hydrogen-bond acceptors (Lipinski definition) is 5. The van der Waals surface area contributed by atoms with Crippen molar-refractivity contribution in [3.8, 4) is 0 Å². The molecule has 0 bridgehead atoms. The van der Waals surface area contributed by atoms with Crippen molar-refractivity contribution >= 4 is 5.69 Å². The fourth-order valence-electron chi connectivity index (χ4n) is 2.26. The summed E-state index contributed by atoms with van der Waals surface area (Å²) >= 11 is 0. The van der Waals surface area contributed by atoms with E-state index in [4.69, 9.17) is 4.74 Å². The van der Waals surface area contributed by atoms with E-state index in [0.717, 1.165) is 45.0 Å².